The number of ether oxygens (including phenoxy) is 1. The van der Waals surface area contributed by atoms with Crippen LogP contribution in [0.5, 0.6) is 5.75 Å². The number of benzene rings is 2. The van der Waals surface area contributed by atoms with Crippen molar-refractivity contribution in [3.8, 4) is 5.75 Å². The van der Waals surface area contributed by atoms with Crippen LogP contribution in [0, 0.1) is 13.8 Å². The zero-order valence-corrected chi connectivity index (χ0v) is 16.0. The third-order valence-electron chi connectivity index (χ3n) is 3.89. The standard InChI is InChI=1S/C19H20N4O3S/c1-13-4-9-17(14(2)12-13)27(24,25)23-19-11-10-18(21-22-19)20-15-5-7-16(26-3)8-6-15/h4-12H,1-3H3,(H,20,21)(H,22,23). The Kier molecular flexibility index (Phi) is 5.27. The molecule has 0 radical (unpaired) electrons. The van der Waals surface area contributed by atoms with Crippen LogP contribution >= 0.6 is 0 Å². The van der Waals surface area contributed by atoms with E-state index in [1.807, 2.05) is 37.3 Å². The Labute approximate surface area is 158 Å². The molecule has 0 bridgehead atoms. The summed E-state index contributed by atoms with van der Waals surface area (Å²) >= 11 is 0. The fraction of sp³-hybridized carbons (Fsp3) is 0.158. The Morgan fingerprint density at radius 2 is 1.56 bits per heavy atom. The molecule has 0 aliphatic heterocycles. The largest absolute Gasteiger partial charge is 0.497 e. The molecule has 1 aromatic heterocycles. The van der Waals surface area contributed by atoms with Gasteiger partial charge in [0.25, 0.3) is 10.0 Å². The summed E-state index contributed by atoms with van der Waals surface area (Å²) in [7, 11) is -2.12. The van der Waals surface area contributed by atoms with Crippen LogP contribution in [0.15, 0.2) is 59.5 Å². The minimum atomic E-state index is -3.73. The number of methoxy groups -OCH3 is 1. The van der Waals surface area contributed by atoms with Crippen LogP contribution in [0.1, 0.15) is 11.1 Å². The van der Waals surface area contributed by atoms with Gasteiger partial charge in [0.15, 0.2) is 11.6 Å². The van der Waals surface area contributed by atoms with Crippen molar-refractivity contribution in [1.82, 2.24) is 10.2 Å². The van der Waals surface area contributed by atoms with Gasteiger partial charge in [-0.1, -0.05) is 17.7 Å². The molecule has 27 heavy (non-hydrogen) atoms. The summed E-state index contributed by atoms with van der Waals surface area (Å²) in [5, 5.41) is 11.0. The number of rotatable bonds is 6. The van der Waals surface area contributed by atoms with E-state index in [9.17, 15) is 8.42 Å². The number of aromatic nitrogens is 2. The van der Waals surface area contributed by atoms with Gasteiger partial charge in [0.1, 0.15) is 5.75 Å². The van der Waals surface area contributed by atoms with E-state index in [4.69, 9.17) is 4.74 Å². The number of aryl methyl sites for hydroxylation is 2. The first-order valence-electron chi connectivity index (χ1n) is 8.22. The molecule has 7 nitrogen and oxygen atoms in total. The highest BCUT2D eigenvalue weighted by molar-refractivity contribution is 7.92. The molecule has 0 atom stereocenters. The van der Waals surface area contributed by atoms with Crippen molar-refractivity contribution in [2.45, 2.75) is 18.7 Å². The maximum absolute atomic E-state index is 12.6. The topological polar surface area (TPSA) is 93.2 Å². The Bertz CT molecular complexity index is 1030. The summed E-state index contributed by atoms with van der Waals surface area (Å²) in [6, 6.07) is 15.7. The molecule has 1 heterocycles. The average Bonchev–Trinajstić information content (AvgIpc) is 2.63. The van der Waals surface area contributed by atoms with E-state index in [0.29, 0.717) is 11.4 Å². The molecule has 3 aromatic rings. The lowest BCUT2D eigenvalue weighted by molar-refractivity contribution is 0.415. The van der Waals surface area contributed by atoms with Gasteiger partial charge in [-0.15, -0.1) is 10.2 Å². The zero-order chi connectivity index (χ0) is 19.4. The molecule has 0 saturated carbocycles. The van der Waals surface area contributed by atoms with Gasteiger partial charge in [0.2, 0.25) is 0 Å². The van der Waals surface area contributed by atoms with Crippen LogP contribution in [0.25, 0.3) is 0 Å². The summed E-state index contributed by atoms with van der Waals surface area (Å²) in [5.74, 6) is 1.40. The highest BCUT2D eigenvalue weighted by atomic mass is 32.2. The molecule has 0 fully saturated rings. The monoisotopic (exact) mass is 384 g/mol. The molecule has 140 valence electrons. The zero-order valence-electron chi connectivity index (χ0n) is 15.2. The molecule has 0 aliphatic rings. The summed E-state index contributed by atoms with van der Waals surface area (Å²) < 4.78 is 32.7. The summed E-state index contributed by atoms with van der Waals surface area (Å²) in [6.45, 7) is 3.67. The van der Waals surface area contributed by atoms with Gasteiger partial charge >= 0.3 is 0 Å². The Hall–Kier alpha value is -3.13. The van der Waals surface area contributed by atoms with Gasteiger partial charge in [0, 0.05) is 5.69 Å². The molecule has 0 unspecified atom stereocenters. The van der Waals surface area contributed by atoms with Crippen molar-refractivity contribution >= 4 is 27.3 Å². The van der Waals surface area contributed by atoms with Gasteiger partial charge in [0.05, 0.1) is 12.0 Å². The second-order valence-electron chi connectivity index (χ2n) is 6.03. The molecule has 3 rings (SSSR count). The number of anilines is 3. The molecule has 2 aromatic carbocycles. The molecule has 8 heteroatoms. The van der Waals surface area contributed by atoms with Crippen LogP contribution in [0.2, 0.25) is 0 Å². The SMILES string of the molecule is COc1ccc(Nc2ccc(NS(=O)(=O)c3ccc(C)cc3C)nn2)cc1. The molecular formula is C19H20N4O3S. The number of hydrogen-bond donors (Lipinski definition) is 2. The number of sulfonamides is 1. The second-order valence-corrected chi connectivity index (χ2v) is 7.68. The van der Waals surface area contributed by atoms with Crippen LogP contribution in [-0.2, 0) is 10.0 Å². The van der Waals surface area contributed by atoms with E-state index in [0.717, 1.165) is 17.0 Å². The first kappa shape index (κ1) is 18.7. The Balaban J connectivity index is 1.73. The highest BCUT2D eigenvalue weighted by Crippen LogP contribution is 2.21. The van der Waals surface area contributed by atoms with E-state index in [1.165, 1.54) is 0 Å². The van der Waals surface area contributed by atoms with Crippen molar-refractivity contribution in [1.29, 1.82) is 0 Å². The van der Waals surface area contributed by atoms with Crippen molar-refractivity contribution in [2.75, 3.05) is 17.1 Å². The third-order valence-corrected chi connectivity index (χ3v) is 5.40. The van der Waals surface area contributed by atoms with Crippen molar-refractivity contribution in [3.63, 3.8) is 0 Å². The normalized spacial score (nSPS) is 11.1. The van der Waals surface area contributed by atoms with Crippen LogP contribution < -0.4 is 14.8 Å². The van der Waals surface area contributed by atoms with E-state index in [-0.39, 0.29) is 10.7 Å². The minimum Gasteiger partial charge on any atom is -0.497 e. The lowest BCUT2D eigenvalue weighted by atomic mass is 10.2. The van der Waals surface area contributed by atoms with Crippen LogP contribution in [0.4, 0.5) is 17.3 Å². The van der Waals surface area contributed by atoms with E-state index < -0.39 is 10.0 Å². The van der Waals surface area contributed by atoms with Crippen molar-refractivity contribution in [2.24, 2.45) is 0 Å². The van der Waals surface area contributed by atoms with Gasteiger partial charge in [-0.05, 0) is 61.9 Å². The molecule has 0 aliphatic carbocycles. The quantitative estimate of drug-likeness (QED) is 0.674. The van der Waals surface area contributed by atoms with Crippen molar-refractivity contribution < 1.29 is 13.2 Å². The van der Waals surface area contributed by atoms with Crippen LogP contribution in [-0.4, -0.2) is 25.7 Å². The van der Waals surface area contributed by atoms with E-state index in [2.05, 4.69) is 20.2 Å². The van der Waals surface area contributed by atoms with Gasteiger partial charge < -0.3 is 10.1 Å². The van der Waals surface area contributed by atoms with Gasteiger partial charge in [-0.3, -0.25) is 4.72 Å². The number of hydrogen-bond acceptors (Lipinski definition) is 6. The first-order valence-corrected chi connectivity index (χ1v) is 9.70. The maximum Gasteiger partial charge on any atom is 0.263 e. The molecule has 0 amide bonds. The fourth-order valence-corrected chi connectivity index (χ4v) is 3.79. The maximum atomic E-state index is 12.6. The summed E-state index contributed by atoms with van der Waals surface area (Å²) in [4.78, 5) is 0.218. The molecular weight excluding hydrogens is 364 g/mol. The fourth-order valence-electron chi connectivity index (χ4n) is 2.57. The minimum absolute atomic E-state index is 0.148. The first-order chi connectivity index (χ1) is 12.9. The predicted octanol–water partition coefficient (Wildman–Crippen LogP) is 3.65. The Morgan fingerprint density at radius 3 is 2.15 bits per heavy atom. The number of nitrogens with zero attached hydrogens (tertiary/aromatic N) is 2. The summed E-state index contributed by atoms with van der Waals surface area (Å²) in [5.41, 5.74) is 2.49. The average molecular weight is 384 g/mol. The van der Waals surface area contributed by atoms with Gasteiger partial charge in [-0.2, -0.15) is 0 Å². The Morgan fingerprint density at radius 1 is 0.889 bits per heavy atom. The predicted molar refractivity (Wildman–Crippen MR) is 105 cm³/mol. The molecule has 0 spiro atoms. The van der Waals surface area contributed by atoms with Crippen LogP contribution in [0.3, 0.4) is 0 Å². The molecule has 2 N–H and O–H groups in total. The smallest absolute Gasteiger partial charge is 0.263 e. The molecule has 0 saturated heterocycles. The lowest BCUT2D eigenvalue weighted by Gasteiger charge is -2.11. The lowest BCUT2D eigenvalue weighted by Crippen LogP contribution is -2.15. The van der Waals surface area contributed by atoms with Crippen molar-refractivity contribution in [3.05, 3.63) is 65.7 Å². The van der Waals surface area contributed by atoms with E-state index >= 15 is 0 Å². The van der Waals surface area contributed by atoms with Gasteiger partial charge in [-0.25, -0.2) is 8.42 Å². The highest BCUT2D eigenvalue weighted by Gasteiger charge is 2.17. The number of nitrogens with one attached hydrogen (secondary N) is 2. The van der Waals surface area contributed by atoms with E-state index in [1.54, 1.807) is 38.3 Å². The summed E-state index contributed by atoms with van der Waals surface area (Å²) in [6.07, 6.45) is 0. The second kappa shape index (κ2) is 7.63. The third kappa shape index (κ3) is 4.53.